The van der Waals surface area contributed by atoms with Crippen LogP contribution in [0.2, 0.25) is 5.02 Å². The summed E-state index contributed by atoms with van der Waals surface area (Å²) in [6.07, 6.45) is 8.42. The van der Waals surface area contributed by atoms with Gasteiger partial charge in [0.15, 0.2) is 0 Å². The van der Waals surface area contributed by atoms with E-state index < -0.39 is 0 Å². The van der Waals surface area contributed by atoms with E-state index in [1.165, 1.54) is 37.1 Å². The van der Waals surface area contributed by atoms with Crippen molar-refractivity contribution in [3.8, 4) is 0 Å². The molecule has 2 heteroatoms. The molecule has 0 aromatic heterocycles. The van der Waals surface area contributed by atoms with Crippen molar-refractivity contribution in [1.29, 1.82) is 0 Å². The van der Waals surface area contributed by atoms with Crippen molar-refractivity contribution in [2.75, 3.05) is 13.1 Å². The second-order valence-corrected chi connectivity index (χ2v) is 5.15. The van der Waals surface area contributed by atoms with Gasteiger partial charge in [0.05, 0.1) is 0 Å². The van der Waals surface area contributed by atoms with Crippen LogP contribution in [0.25, 0.3) is 6.08 Å². The van der Waals surface area contributed by atoms with Crippen LogP contribution in [-0.2, 0) is 6.42 Å². The molecule has 1 aliphatic heterocycles. The third-order valence-corrected chi connectivity index (χ3v) is 3.88. The summed E-state index contributed by atoms with van der Waals surface area (Å²) in [5, 5.41) is 0.856. The first kappa shape index (κ1) is 10.4. The molecular formula is C14H16ClN. The first-order chi connectivity index (χ1) is 7.83. The summed E-state index contributed by atoms with van der Waals surface area (Å²) in [7, 11) is 0. The summed E-state index contributed by atoms with van der Waals surface area (Å²) >= 11 is 6.05. The van der Waals surface area contributed by atoms with Gasteiger partial charge in [0.1, 0.15) is 0 Å². The highest BCUT2D eigenvalue weighted by Crippen LogP contribution is 2.26. The predicted octanol–water partition coefficient (Wildman–Crippen LogP) is 3.37. The van der Waals surface area contributed by atoms with Gasteiger partial charge in [-0.05, 0) is 55.6 Å². The monoisotopic (exact) mass is 233 g/mol. The molecule has 1 nitrogen and oxygen atoms in total. The summed E-state index contributed by atoms with van der Waals surface area (Å²) in [5.41, 5.74) is 2.73. The molecule has 84 valence electrons. The van der Waals surface area contributed by atoms with Gasteiger partial charge in [-0.15, -0.1) is 0 Å². The maximum absolute atomic E-state index is 6.05. The Morgan fingerprint density at radius 1 is 1.19 bits per heavy atom. The van der Waals surface area contributed by atoms with E-state index in [0.29, 0.717) is 6.04 Å². The summed E-state index contributed by atoms with van der Waals surface area (Å²) in [6, 6.07) is 6.80. The number of halogens is 1. The fraction of sp³-hybridized carbons (Fsp3) is 0.429. The molecule has 0 N–H and O–H groups in total. The molecule has 1 saturated heterocycles. The molecule has 1 heterocycles. The average molecular weight is 234 g/mol. The van der Waals surface area contributed by atoms with E-state index in [0.717, 1.165) is 11.4 Å². The molecule has 1 fully saturated rings. The van der Waals surface area contributed by atoms with Crippen molar-refractivity contribution in [2.24, 2.45) is 0 Å². The first-order valence-electron chi connectivity index (χ1n) is 6.03. The van der Waals surface area contributed by atoms with Crippen LogP contribution in [0.5, 0.6) is 0 Å². The Morgan fingerprint density at radius 2 is 2.00 bits per heavy atom. The molecule has 0 spiro atoms. The Hall–Kier alpha value is -0.790. The van der Waals surface area contributed by atoms with E-state index in [2.05, 4.69) is 29.2 Å². The molecule has 1 aromatic rings. The molecule has 3 rings (SSSR count). The van der Waals surface area contributed by atoms with Crippen molar-refractivity contribution >= 4 is 17.7 Å². The van der Waals surface area contributed by atoms with E-state index in [1.54, 1.807) is 0 Å². The van der Waals surface area contributed by atoms with E-state index in [9.17, 15) is 0 Å². The molecule has 16 heavy (non-hydrogen) atoms. The standard InChI is InChI=1S/C14H16ClN/c15-13-5-3-11-4-6-14(10-12(11)9-13)16-7-1-2-8-16/h3-6,9,14H,1-2,7-8,10H2. The Bertz CT molecular complexity index is 419. The van der Waals surface area contributed by atoms with Gasteiger partial charge in [0, 0.05) is 11.1 Å². The van der Waals surface area contributed by atoms with Crippen molar-refractivity contribution in [1.82, 2.24) is 4.90 Å². The molecule has 0 radical (unpaired) electrons. The van der Waals surface area contributed by atoms with Crippen LogP contribution in [0.3, 0.4) is 0 Å². The van der Waals surface area contributed by atoms with E-state index in [-0.39, 0.29) is 0 Å². The Morgan fingerprint density at radius 3 is 2.81 bits per heavy atom. The highest BCUT2D eigenvalue weighted by Gasteiger charge is 2.22. The van der Waals surface area contributed by atoms with Crippen LogP contribution in [0.1, 0.15) is 24.0 Å². The van der Waals surface area contributed by atoms with Crippen molar-refractivity contribution in [3.63, 3.8) is 0 Å². The second-order valence-electron chi connectivity index (χ2n) is 4.72. The number of hydrogen-bond acceptors (Lipinski definition) is 1. The third kappa shape index (κ3) is 1.90. The maximum atomic E-state index is 6.05. The molecule has 2 aliphatic rings. The number of fused-ring (bicyclic) bond motifs is 1. The fourth-order valence-corrected chi connectivity index (χ4v) is 2.94. The molecular weight excluding hydrogens is 218 g/mol. The van der Waals surface area contributed by atoms with Crippen molar-refractivity contribution in [2.45, 2.75) is 25.3 Å². The lowest BCUT2D eigenvalue weighted by Gasteiger charge is -2.28. The minimum absolute atomic E-state index is 0.591. The topological polar surface area (TPSA) is 3.24 Å². The highest BCUT2D eigenvalue weighted by atomic mass is 35.5. The predicted molar refractivity (Wildman–Crippen MR) is 68.8 cm³/mol. The Kier molecular flexibility index (Phi) is 2.74. The van der Waals surface area contributed by atoms with Crippen LogP contribution in [-0.4, -0.2) is 24.0 Å². The van der Waals surface area contributed by atoms with Gasteiger partial charge in [-0.2, -0.15) is 0 Å². The maximum Gasteiger partial charge on any atom is 0.0409 e. The minimum Gasteiger partial charge on any atom is -0.297 e. The smallest absolute Gasteiger partial charge is 0.0409 e. The van der Waals surface area contributed by atoms with Crippen molar-refractivity contribution in [3.05, 3.63) is 40.4 Å². The molecule has 1 atom stereocenters. The van der Waals surface area contributed by atoms with Gasteiger partial charge < -0.3 is 0 Å². The van der Waals surface area contributed by atoms with Gasteiger partial charge >= 0.3 is 0 Å². The number of hydrogen-bond donors (Lipinski definition) is 0. The normalized spacial score (nSPS) is 24.7. The van der Waals surface area contributed by atoms with Gasteiger partial charge in [0.2, 0.25) is 0 Å². The van der Waals surface area contributed by atoms with Gasteiger partial charge in [0.25, 0.3) is 0 Å². The molecule has 1 aliphatic carbocycles. The van der Waals surface area contributed by atoms with Crippen LogP contribution in [0.4, 0.5) is 0 Å². The number of nitrogens with zero attached hydrogens (tertiary/aromatic N) is 1. The van der Waals surface area contributed by atoms with E-state index in [1.807, 2.05) is 6.07 Å². The van der Waals surface area contributed by atoms with Crippen molar-refractivity contribution < 1.29 is 0 Å². The van der Waals surface area contributed by atoms with Gasteiger partial charge in [-0.25, -0.2) is 0 Å². The Labute approximate surface area is 102 Å². The fourth-order valence-electron chi connectivity index (χ4n) is 2.75. The minimum atomic E-state index is 0.591. The largest absolute Gasteiger partial charge is 0.297 e. The van der Waals surface area contributed by atoms with Gasteiger partial charge in [-0.3, -0.25) is 4.90 Å². The number of benzene rings is 1. The van der Waals surface area contributed by atoms with E-state index >= 15 is 0 Å². The summed E-state index contributed by atoms with van der Waals surface area (Å²) < 4.78 is 0. The van der Waals surface area contributed by atoms with Crippen LogP contribution >= 0.6 is 11.6 Å². The zero-order valence-electron chi connectivity index (χ0n) is 9.32. The lowest BCUT2D eigenvalue weighted by molar-refractivity contribution is 0.282. The lowest BCUT2D eigenvalue weighted by atomic mass is 9.93. The van der Waals surface area contributed by atoms with Crippen LogP contribution in [0.15, 0.2) is 24.3 Å². The van der Waals surface area contributed by atoms with Gasteiger partial charge in [-0.1, -0.05) is 29.8 Å². The Balaban J connectivity index is 1.84. The second kappa shape index (κ2) is 4.23. The molecule has 1 unspecified atom stereocenters. The zero-order chi connectivity index (χ0) is 11.0. The molecule has 0 bridgehead atoms. The summed E-state index contributed by atoms with van der Waals surface area (Å²) in [5.74, 6) is 0. The van der Waals surface area contributed by atoms with E-state index in [4.69, 9.17) is 11.6 Å². The molecule has 1 aromatic carbocycles. The number of likely N-dealkylation sites (tertiary alicyclic amines) is 1. The summed E-state index contributed by atoms with van der Waals surface area (Å²) in [4.78, 5) is 2.58. The third-order valence-electron chi connectivity index (χ3n) is 3.64. The molecule has 0 amide bonds. The quantitative estimate of drug-likeness (QED) is 0.719. The highest BCUT2D eigenvalue weighted by molar-refractivity contribution is 6.30. The number of rotatable bonds is 1. The summed E-state index contributed by atoms with van der Waals surface area (Å²) in [6.45, 7) is 2.51. The first-order valence-corrected chi connectivity index (χ1v) is 6.41. The lowest BCUT2D eigenvalue weighted by Crippen LogP contribution is -2.34. The van der Waals surface area contributed by atoms with Crippen LogP contribution < -0.4 is 0 Å². The molecule has 0 saturated carbocycles. The zero-order valence-corrected chi connectivity index (χ0v) is 10.1. The SMILES string of the molecule is Clc1ccc2c(c1)CC(N1CCCC1)C=C2. The average Bonchev–Trinajstić information content (AvgIpc) is 2.81. The van der Waals surface area contributed by atoms with Crippen LogP contribution in [0, 0.1) is 0 Å².